The van der Waals surface area contributed by atoms with Gasteiger partial charge in [0.05, 0.1) is 5.75 Å². The fraction of sp³-hybridized carbons (Fsp3) is 0.0909. The molecule has 1 heterocycles. The van der Waals surface area contributed by atoms with Crippen molar-refractivity contribution in [3.05, 3.63) is 41.8 Å². The number of amides is 1. The van der Waals surface area contributed by atoms with Crippen LogP contribution in [0.3, 0.4) is 0 Å². The van der Waals surface area contributed by atoms with Gasteiger partial charge in [-0.3, -0.25) is 10.2 Å². The lowest BCUT2D eigenvalue weighted by Gasteiger charge is -1.98. The average molecular weight is 264 g/mol. The summed E-state index contributed by atoms with van der Waals surface area (Å²) in [6, 6.07) is 9.06. The molecular formula is C11H12N4O2S. The van der Waals surface area contributed by atoms with Gasteiger partial charge in [0.15, 0.2) is 5.69 Å². The van der Waals surface area contributed by atoms with Gasteiger partial charge in [-0.15, -0.1) is 11.8 Å². The minimum absolute atomic E-state index is 0.172. The van der Waals surface area contributed by atoms with Crippen molar-refractivity contribution in [1.82, 2.24) is 10.6 Å². The van der Waals surface area contributed by atoms with Gasteiger partial charge in [-0.1, -0.05) is 5.16 Å². The Morgan fingerprint density at radius 3 is 2.78 bits per heavy atom. The summed E-state index contributed by atoms with van der Waals surface area (Å²) in [5, 5.41) is 3.61. The number of hydrogen-bond acceptors (Lipinski definition) is 6. The molecule has 0 aliphatic carbocycles. The predicted molar refractivity (Wildman–Crippen MR) is 68.6 cm³/mol. The monoisotopic (exact) mass is 264 g/mol. The van der Waals surface area contributed by atoms with Gasteiger partial charge in [-0.25, -0.2) is 5.84 Å². The molecule has 0 aliphatic rings. The van der Waals surface area contributed by atoms with E-state index in [0.717, 1.165) is 10.6 Å². The van der Waals surface area contributed by atoms with Gasteiger partial charge in [0.25, 0.3) is 5.91 Å². The van der Waals surface area contributed by atoms with E-state index in [1.807, 2.05) is 29.7 Å². The molecule has 0 atom stereocenters. The van der Waals surface area contributed by atoms with Gasteiger partial charge in [-0.05, 0) is 24.3 Å². The van der Waals surface area contributed by atoms with Gasteiger partial charge >= 0.3 is 0 Å². The topological polar surface area (TPSA) is 107 Å². The van der Waals surface area contributed by atoms with Gasteiger partial charge in [0, 0.05) is 16.6 Å². The number of aromatic nitrogens is 1. The lowest BCUT2D eigenvalue weighted by atomic mass is 10.3. The van der Waals surface area contributed by atoms with Crippen LogP contribution >= 0.6 is 11.8 Å². The molecule has 0 fully saturated rings. The Kier molecular flexibility index (Phi) is 3.85. The van der Waals surface area contributed by atoms with Crippen molar-refractivity contribution >= 4 is 23.4 Å². The van der Waals surface area contributed by atoms with Crippen LogP contribution in [-0.2, 0) is 5.75 Å². The normalized spacial score (nSPS) is 10.3. The molecule has 1 aromatic carbocycles. The van der Waals surface area contributed by atoms with Crippen molar-refractivity contribution in [1.29, 1.82) is 0 Å². The zero-order valence-electron chi connectivity index (χ0n) is 9.42. The van der Waals surface area contributed by atoms with Gasteiger partial charge < -0.3 is 10.3 Å². The predicted octanol–water partition coefficient (Wildman–Crippen LogP) is 1.15. The van der Waals surface area contributed by atoms with E-state index in [9.17, 15) is 4.79 Å². The zero-order chi connectivity index (χ0) is 13.0. The van der Waals surface area contributed by atoms with E-state index in [1.54, 1.807) is 17.8 Å². The number of anilines is 1. The van der Waals surface area contributed by atoms with Crippen molar-refractivity contribution < 1.29 is 9.32 Å². The molecule has 0 spiro atoms. The highest BCUT2D eigenvalue weighted by Crippen LogP contribution is 2.23. The largest absolute Gasteiger partial charge is 0.399 e. The summed E-state index contributed by atoms with van der Waals surface area (Å²) in [6.45, 7) is 0. The molecule has 6 nitrogen and oxygen atoms in total. The van der Waals surface area contributed by atoms with Gasteiger partial charge in [0.2, 0.25) is 0 Å². The molecule has 1 amide bonds. The lowest BCUT2D eigenvalue weighted by molar-refractivity contribution is 0.0944. The summed E-state index contributed by atoms with van der Waals surface area (Å²) < 4.78 is 5.02. The van der Waals surface area contributed by atoms with Gasteiger partial charge in [-0.2, -0.15) is 0 Å². The van der Waals surface area contributed by atoms with E-state index in [0.29, 0.717) is 11.5 Å². The van der Waals surface area contributed by atoms with E-state index in [1.165, 1.54) is 0 Å². The number of nitrogens with zero attached hydrogens (tertiary/aromatic N) is 1. The summed E-state index contributed by atoms with van der Waals surface area (Å²) in [5.74, 6) is 5.71. The number of carbonyl (C=O) groups is 1. The van der Waals surface area contributed by atoms with Crippen LogP contribution in [0.5, 0.6) is 0 Å². The number of rotatable bonds is 4. The van der Waals surface area contributed by atoms with E-state index in [-0.39, 0.29) is 5.69 Å². The standard InChI is InChI=1S/C11H12N4O2S/c12-7-1-3-9(4-2-7)18-6-8-5-10(15-17-8)11(16)14-13/h1-5H,6,12-13H2,(H,14,16). The van der Waals surface area contributed by atoms with Gasteiger partial charge in [0.1, 0.15) is 5.76 Å². The number of thioether (sulfide) groups is 1. The number of hydrazine groups is 1. The molecule has 0 unspecified atom stereocenters. The summed E-state index contributed by atoms with van der Waals surface area (Å²) in [5.41, 5.74) is 8.48. The number of hydrogen-bond donors (Lipinski definition) is 3. The third-order valence-corrected chi connectivity index (χ3v) is 3.22. The van der Waals surface area contributed by atoms with Crippen LogP contribution in [0.2, 0.25) is 0 Å². The Morgan fingerprint density at radius 1 is 1.39 bits per heavy atom. The van der Waals surface area contributed by atoms with Crippen molar-refractivity contribution in [3.8, 4) is 0 Å². The van der Waals surface area contributed by atoms with Crippen LogP contribution < -0.4 is 17.0 Å². The Morgan fingerprint density at radius 2 is 2.11 bits per heavy atom. The van der Waals surface area contributed by atoms with E-state index in [4.69, 9.17) is 16.1 Å². The fourth-order valence-corrected chi connectivity index (χ4v) is 2.05. The van der Waals surface area contributed by atoms with Crippen LogP contribution in [0.1, 0.15) is 16.2 Å². The second kappa shape index (κ2) is 5.56. The van der Waals surface area contributed by atoms with E-state index < -0.39 is 5.91 Å². The average Bonchev–Trinajstić information content (AvgIpc) is 2.86. The fourth-order valence-electron chi connectivity index (χ4n) is 1.28. The summed E-state index contributed by atoms with van der Waals surface area (Å²) in [7, 11) is 0. The summed E-state index contributed by atoms with van der Waals surface area (Å²) in [4.78, 5) is 12.2. The SMILES string of the molecule is NNC(=O)c1cc(CSc2ccc(N)cc2)on1. The van der Waals surface area contributed by atoms with Crippen LogP contribution in [-0.4, -0.2) is 11.1 Å². The molecule has 0 saturated heterocycles. The molecule has 18 heavy (non-hydrogen) atoms. The molecule has 94 valence electrons. The van der Waals surface area contributed by atoms with Crippen molar-refractivity contribution in [2.45, 2.75) is 10.6 Å². The maximum Gasteiger partial charge on any atom is 0.287 e. The summed E-state index contributed by atoms with van der Waals surface area (Å²) >= 11 is 1.56. The first-order chi connectivity index (χ1) is 8.69. The minimum Gasteiger partial charge on any atom is -0.399 e. The highest BCUT2D eigenvalue weighted by Gasteiger charge is 2.11. The van der Waals surface area contributed by atoms with E-state index in [2.05, 4.69) is 5.16 Å². The maximum absolute atomic E-state index is 11.2. The molecule has 0 saturated carbocycles. The van der Waals surface area contributed by atoms with Crippen molar-refractivity contribution in [3.63, 3.8) is 0 Å². The molecule has 2 rings (SSSR count). The van der Waals surface area contributed by atoms with Crippen LogP contribution in [0.25, 0.3) is 0 Å². The highest BCUT2D eigenvalue weighted by atomic mass is 32.2. The Bertz CT molecular complexity index is 538. The molecule has 0 radical (unpaired) electrons. The smallest absolute Gasteiger partial charge is 0.287 e. The Hall–Kier alpha value is -1.99. The number of nitrogens with two attached hydrogens (primary N) is 2. The first-order valence-corrected chi connectivity index (χ1v) is 6.12. The van der Waals surface area contributed by atoms with Crippen molar-refractivity contribution in [2.75, 3.05) is 5.73 Å². The second-order valence-corrected chi connectivity index (χ2v) is 4.56. The molecule has 7 heteroatoms. The summed E-state index contributed by atoms with van der Waals surface area (Å²) in [6.07, 6.45) is 0. The van der Waals surface area contributed by atoms with Crippen LogP contribution in [0.4, 0.5) is 5.69 Å². The molecule has 0 bridgehead atoms. The minimum atomic E-state index is -0.470. The molecule has 0 aliphatic heterocycles. The number of nitrogen functional groups attached to an aromatic ring is 2. The zero-order valence-corrected chi connectivity index (χ0v) is 10.2. The van der Waals surface area contributed by atoms with E-state index >= 15 is 0 Å². The third-order valence-electron chi connectivity index (χ3n) is 2.18. The molecule has 5 N–H and O–H groups in total. The number of carbonyl (C=O) groups excluding carboxylic acids is 1. The molecular weight excluding hydrogens is 252 g/mol. The number of nitrogens with one attached hydrogen (secondary N) is 1. The maximum atomic E-state index is 11.2. The van der Waals surface area contributed by atoms with Crippen LogP contribution in [0, 0.1) is 0 Å². The highest BCUT2D eigenvalue weighted by molar-refractivity contribution is 7.98. The first kappa shape index (κ1) is 12.5. The number of benzene rings is 1. The Balaban J connectivity index is 1.96. The third kappa shape index (κ3) is 3.02. The molecule has 1 aromatic heterocycles. The van der Waals surface area contributed by atoms with Crippen molar-refractivity contribution in [2.24, 2.45) is 5.84 Å². The quantitative estimate of drug-likeness (QED) is 0.251. The first-order valence-electron chi connectivity index (χ1n) is 5.14. The molecule has 2 aromatic rings. The van der Waals surface area contributed by atoms with Crippen LogP contribution in [0.15, 0.2) is 39.8 Å². The second-order valence-electron chi connectivity index (χ2n) is 3.51. The Labute approximate surface area is 108 Å². The lowest BCUT2D eigenvalue weighted by Crippen LogP contribution is -2.30.